The number of nitrogens with two attached hydrogens (primary N) is 1. The summed E-state index contributed by atoms with van der Waals surface area (Å²) in [6.45, 7) is 5.41. The predicted octanol–water partition coefficient (Wildman–Crippen LogP) is 1.86. The van der Waals surface area contributed by atoms with Crippen LogP contribution in [0.15, 0.2) is 24.3 Å². The van der Waals surface area contributed by atoms with Gasteiger partial charge in [-0.15, -0.1) is 0 Å². The van der Waals surface area contributed by atoms with Gasteiger partial charge in [0, 0.05) is 6.54 Å². The van der Waals surface area contributed by atoms with Crippen LogP contribution >= 0.6 is 0 Å². The van der Waals surface area contributed by atoms with E-state index in [1.807, 2.05) is 24.3 Å². The van der Waals surface area contributed by atoms with Crippen molar-refractivity contribution in [1.82, 2.24) is 5.32 Å². The van der Waals surface area contributed by atoms with Crippen molar-refractivity contribution < 1.29 is 9.53 Å². The Bertz CT molecular complexity index is 351. The lowest BCUT2D eigenvalue weighted by Crippen LogP contribution is -2.26. The van der Waals surface area contributed by atoms with Gasteiger partial charge in [0.05, 0.1) is 12.6 Å². The average Bonchev–Trinajstić information content (AvgIpc) is 2.42. The van der Waals surface area contributed by atoms with Gasteiger partial charge in [0.25, 0.3) is 0 Å². The SMILES string of the molecule is CC[C@H](C)COc1ccc([C@H](CN)NC=O)cc1. The topological polar surface area (TPSA) is 64.3 Å². The number of amides is 1. The van der Waals surface area contributed by atoms with Gasteiger partial charge in [-0.3, -0.25) is 4.79 Å². The second-order valence-corrected chi connectivity index (χ2v) is 4.47. The van der Waals surface area contributed by atoms with Crippen molar-refractivity contribution >= 4 is 6.41 Å². The summed E-state index contributed by atoms with van der Waals surface area (Å²) in [6.07, 6.45) is 1.78. The lowest BCUT2D eigenvalue weighted by molar-refractivity contribution is -0.110. The Morgan fingerprint density at radius 1 is 1.39 bits per heavy atom. The maximum Gasteiger partial charge on any atom is 0.207 e. The van der Waals surface area contributed by atoms with Crippen molar-refractivity contribution in [3.63, 3.8) is 0 Å². The molecule has 0 aromatic heterocycles. The maximum atomic E-state index is 10.4. The molecule has 4 nitrogen and oxygen atoms in total. The molecule has 18 heavy (non-hydrogen) atoms. The fraction of sp³-hybridized carbons (Fsp3) is 0.500. The molecule has 0 aliphatic rings. The molecule has 0 saturated heterocycles. The van der Waals surface area contributed by atoms with E-state index in [4.69, 9.17) is 10.5 Å². The zero-order valence-corrected chi connectivity index (χ0v) is 11.1. The first-order valence-electron chi connectivity index (χ1n) is 6.33. The molecule has 1 aromatic rings. The minimum atomic E-state index is -0.133. The van der Waals surface area contributed by atoms with Gasteiger partial charge in [-0.05, 0) is 23.6 Å². The summed E-state index contributed by atoms with van der Waals surface area (Å²) in [5.74, 6) is 1.40. The first kappa shape index (κ1) is 14.5. The third-order valence-electron chi connectivity index (χ3n) is 3.02. The predicted molar refractivity (Wildman–Crippen MR) is 72.4 cm³/mol. The molecule has 0 radical (unpaired) electrons. The van der Waals surface area contributed by atoms with Crippen molar-refractivity contribution in [1.29, 1.82) is 0 Å². The summed E-state index contributed by atoms with van der Waals surface area (Å²) >= 11 is 0. The van der Waals surface area contributed by atoms with Crippen LogP contribution in [0.2, 0.25) is 0 Å². The molecule has 0 saturated carbocycles. The minimum absolute atomic E-state index is 0.133. The van der Waals surface area contributed by atoms with Crippen LogP contribution in [0.3, 0.4) is 0 Å². The van der Waals surface area contributed by atoms with Gasteiger partial charge in [0.2, 0.25) is 6.41 Å². The zero-order chi connectivity index (χ0) is 13.4. The van der Waals surface area contributed by atoms with Gasteiger partial charge in [0.15, 0.2) is 0 Å². The monoisotopic (exact) mass is 250 g/mol. The lowest BCUT2D eigenvalue weighted by Gasteiger charge is -2.15. The summed E-state index contributed by atoms with van der Waals surface area (Å²) in [5, 5.41) is 2.68. The number of carbonyl (C=O) groups is 1. The van der Waals surface area contributed by atoms with Gasteiger partial charge in [-0.25, -0.2) is 0 Å². The van der Waals surface area contributed by atoms with Crippen molar-refractivity contribution in [2.75, 3.05) is 13.2 Å². The van der Waals surface area contributed by atoms with Crippen LogP contribution in [0.25, 0.3) is 0 Å². The van der Waals surface area contributed by atoms with Crippen molar-refractivity contribution in [2.24, 2.45) is 11.7 Å². The standard InChI is InChI=1S/C14H22N2O2/c1-3-11(2)9-18-13-6-4-12(5-7-13)14(8-15)16-10-17/h4-7,10-11,14H,3,8-9,15H2,1-2H3,(H,16,17)/t11-,14-/m0/s1. The third-order valence-corrected chi connectivity index (χ3v) is 3.02. The summed E-state index contributed by atoms with van der Waals surface area (Å²) in [6, 6.07) is 7.55. The first-order valence-corrected chi connectivity index (χ1v) is 6.33. The van der Waals surface area contributed by atoms with Gasteiger partial charge in [-0.2, -0.15) is 0 Å². The molecule has 1 amide bonds. The van der Waals surface area contributed by atoms with E-state index < -0.39 is 0 Å². The van der Waals surface area contributed by atoms with Crippen LogP contribution in [-0.4, -0.2) is 19.6 Å². The van der Waals surface area contributed by atoms with Crippen molar-refractivity contribution in [3.8, 4) is 5.75 Å². The molecule has 0 aliphatic carbocycles. The maximum absolute atomic E-state index is 10.4. The highest BCUT2D eigenvalue weighted by molar-refractivity contribution is 5.48. The van der Waals surface area contributed by atoms with E-state index in [1.165, 1.54) is 0 Å². The van der Waals surface area contributed by atoms with Gasteiger partial charge < -0.3 is 15.8 Å². The van der Waals surface area contributed by atoms with E-state index in [0.717, 1.165) is 24.3 Å². The van der Waals surface area contributed by atoms with Crippen molar-refractivity contribution in [2.45, 2.75) is 26.3 Å². The Kier molecular flexibility index (Phi) is 6.22. The summed E-state index contributed by atoms with van der Waals surface area (Å²) in [7, 11) is 0. The molecule has 0 fully saturated rings. The fourth-order valence-corrected chi connectivity index (χ4v) is 1.54. The minimum Gasteiger partial charge on any atom is -0.493 e. The third kappa shape index (κ3) is 4.37. The number of hydrogen-bond donors (Lipinski definition) is 2. The Balaban J connectivity index is 2.58. The largest absolute Gasteiger partial charge is 0.493 e. The van der Waals surface area contributed by atoms with E-state index in [2.05, 4.69) is 19.2 Å². The Hall–Kier alpha value is -1.55. The Morgan fingerprint density at radius 2 is 2.06 bits per heavy atom. The molecule has 2 atom stereocenters. The summed E-state index contributed by atoms with van der Waals surface area (Å²) in [5.41, 5.74) is 6.58. The van der Waals surface area contributed by atoms with Crippen LogP contribution in [-0.2, 0) is 4.79 Å². The van der Waals surface area contributed by atoms with E-state index in [1.54, 1.807) is 0 Å². The summed E-state index contributed by atoms with van der Waals surface area (Å²) in [4.78, 5) is 10.4. The smallest absolute Gasteiger partial charge is 0.207 e. The highest BCUT2D eigenvalue weighted by Gasteiger charge is 2.08. The van der Waals surface area contributed by atoms with Crippen LogP contribution in [0, 0.1) is 5.92 Å². The number of ether oxygens (including phenoxy) is 1. The van der Waals surface area contributed by atoms with E-state index in [0.29, 0.717) is 18.9 Å². The molecule has 100 valence electrons. The fourth-order valence-electron chi connectivity index (χ4n) is 1.54. The van der Waals surface area contributed by atoms with Crippen LogP contribution < -0.4 is 15.8 Å². The zero-order valence-electron chi connectivity index (χ0n) is 11.1. The molecule has 1 aromatic carbocycles. The van der Waals surface area contributed by atoms with Crippen LogP contribution in [0.1, 0.15) is 31.9 Å². The molecule has 0 bridgehead atoms. The molecule has 0 heterocycles. The second kappa shape index (κ2) is 7.71. The normalized spacial score (nSPS) is 13.7. The number of hydrogen-bond acceptors (Lipinski definition) is 3. The lowest BCUT2D eigenvalue weighted by atomic mass is 10.1. The molecule has 0 unspecified atom stereocenters. The van der Waals surface area contributed by atoms with Gasteiger partial charge >= 0.3 is 0 Å². The summed E-state index contributed by atoms with van der Waals surface area (Å²) < 4.78 is 5.67. The molecule has 0 spiro atoms. The first-order chi connectivity index (χ1) is 8.71. The second-order valence-electron chi connectivity index (χ2n) is 4.47. The molecular formula is C14H22N2O2. The van der Waals surface area contributed by atoms with Gasteiger partial charge in [-0.1, -0.05) is 32.4 Å². The molecule has 1 rings (SSSR count). The van der Waals surface area contributed by atoms with E-state index in [9.17, 15) is 4.79 Å². The quantitative estimate of drug-likeness (QED) is 0.692. The molecule has 0 aliphatic heterocycles. The Labute approximate surface area is 109 Å². The van der Waals surface area contributed by atoms with Crippen LogP contribution in [0.4, 0.5) is 0 Å². The number of benzene rings is 1. The number of nitrogens with one attached hydrogen (secondary N) is 1. The average molecular weight is 250 g/mol. The van der Waals surface area contributed by atoms with Gasteiger partial charge in [0.1, 0.15) is 5.75 Å². The highest BCUT2D eigenvalue weighted by Crippen LogP contribution is 2.18. The molecule has 3 N–H and O–H groups in total. The van der Waals surface area contributed by atoms with E-state index in [-0.39, 0.29) is 6.04 Å². The van der Waals surface area contributed by atoms with E-state index >= 15 is 0 Å². The van der Waals surface area contributed by atoms with Crippen LogP contribution in [0.5, 0.6) is 5.75 Å². The number of carbonyl (C=O) groups excluding carboxylic acids is 1. The highest BCUT2D eigenvalue weighted by atomic mass is 16.5. The molecular weight excluding hydrogens is 228 g/mol. The molecule has 4 heteroatoms. The number of rotatable bonds is 8. The Morgan fingerprint density at radius 3 is 2.56 bits per heavy atom. The van der Waals surface area contributed by atoms with Crippen molar-refractivity contribution in [3.05, 3.63) is 29.8 Å².